The Morgan fingerprint density at radius 1 is 1.00 bits per heavy atom. The fourth-order valence-electron chi connectivity index (χ4n) is 1.36. The van der Waals surface area contributed by atoms with E-state index in [0.717, 1.165) is 0 Å². The summed E-state index contributed by atoms with van der Waals surface area (Å²) in [5.74, 6) is -1.63. The normalized spacial score (nSPS) is 9.65. The smallest absolute Gasteiger partial charge is 0.252 e. The summed E-state index contributed by atoms with van der Waals surface area (Å²) in [4.78, 5) is 33.5. The number of anilines is 1. The fourth-order valence-corrected chi connectivity index (χ4v) is 1.36. The SMILES string of the molecule is Nc1ccc(C(=O)NCCNC(=O)CC(=O)NO)cc1. The van der Waals surface area contributed by atoms with Crippen molar-refractivity contribution < 1.29 is 19.6 Å². The van der Waals surface area contributed by atoms with E-state index in [4.69, 9.17) is 10.9 Å². The van der Waals surface area contributed by atoms with Gasteiger partial charge in [-0.1, -0.05) is 0 Å². The largest absolute Gasteiger partial charge is 0.399 e. The van der Waals surface area contributed by atoms with E-state index in [2.05, 4.69) is 10.6 Å². The maximum Gasteiger partial charge on any atom is 0.252 e. The van der Waals surface area contributed by atoms with Gasteiger partial charge in [0.2, 0.25) is 5.91 Å². The minimum absolute atomic E-state index is 0.179. The van der Waals surface area contributed by atoms with Gasteiger partial charge in [0.05, 0.1) is 0 Å². The van der Waals surface area contributed by atoms with Gasteiger partial charge in [0.25, 0.3) is 11.8 Å². The molecule has 0 unspecified atom stereocenters. The van der Waals surface area contributed by atoms with Crippen LogP contribution in [-0.4, -0.2) is 36.0 Å². The molecule has 0 heterocycles. The predicted molar refractivity (Wildman–Crippen MR) is 70.7 cm³/mol. The van der Waals surface area contributed by atoms with Gasteiger partial charge in [0.1, 0.15) is 6.42 Å². The number of nitrogens with one attached hydrogen (secondary N) is 3. The van der Waals surface area contributed by atoms with E-state index in [-0.39, 0.29) is 19.0 Å². The number of benzene rings is 1. The molecule has 20 heavy (non-hydrogen) atoms. The molecule has 0 aromatic heterocycles. The maximum atomic E-state index is 11.7. The Morgan fingerprint density at radius 3 is 2.20 bits per heavy atom. The Bertz CT molecular complexity index is 487. The lowest BCUT2D eigenvalue weighted by Gasteiger charge is -2.07. The fraction of sp³-hybridized carbons (Fsp3) is 0.250. The molecule has 0 atom stereocenters. The van der Waals surface area contributed by atoms with Gasteiger partial charge < -0.3 is 16.4 Å². The number of carbonyl (C=O) groups is 3. The summed E-state index contributed by atoms with van der Waals surface area (Å²) in [6.45, 7) is 0.397. The number of hydrogen-bond acceptors (Lipinski definition) is 5. The molecular formula is C12H16N4O4. The van der Waals surface area contributed by atoms with E-state index < -0.39 is 18.2 Å². The zero-order valence-corrected chi connectivity index (χ0v) is 10.7. The van der Waals surface area contributed by atoms with Gasteiger partial charge in [-0.2, -0.15) is 0 Å². The van der Waals surface area contributed by atoms with Crippen LogP contribution in [0.25, 0.3) is 0 Å². The van der Waals surface area contributed by atoms with Crippen LogP contribution < -0.4 is 21.8 Å². The molecule has 0 aliphatic heterocycles. The first kappa shape index (κ1) is 15.4. The average molecular weight is 280 g/mol. The summed E-state index contributed by atoms with van der Waals surface area (Å²) >= 11 is 0. The van der Waals surface area contributed by atoms with Crippen molar-refractivity contribution in [2.75, 3.05) is 18.8 Å². The molecule has 6 N–H and O–H groups in total. The van der Waals surface area contributed by atoms with Crippen molar-refractivity contribution in [2.24, 2.45) is 0 Å². The summed E-state index contributed by atoms with van der Waals surface area (Å²) in [5, 5.41) is 13.2. The van der Waals surface area contributed by atoms with Gasteiger partial charge in [0, 0.05) is 24.3 Å². The quantitative estimate of drug-likeness (QED) is 0.150. The van der Waals surface area contributed by atoms with Crippen LogP contribution >= 0.6 is 0 Å². The third kappa shape index (κ3) is 5.36. The average Bonchev–Trinajstić information content (AvgIpc) is 2.44. The molecule has 0 saturated carbocycles. The zero-order valence-electron chi connectivity index (χ0n) is 10.7. The monoisotopic (exact) mass is 280 g/mol. The van der Waals surface area contributed by atoms with Crippen LogP contribution in [0.2, 0.25) is 0 Å². The van der Waals surface area contributed by atoms with Crippen LogP contribution in [0.4, 0.5) is 5.69 Å². The van der Waals surface area contributed by atoms with Crippen molar-refractivity contribution in [2.45, 2.75) is 6.42 Å². The van der Waals surface area contributed by atoms with E-state index in [1.165, 1.54) is 5.48 Å². The predicted octanol–water partition coefficient (Wildman–Crippen LogP) is -0.990. The molecule has 0 radical (unpaired) electrons. The first-order chi connectivity index (χ1) is 9.52. The standard InChI is InChI=1S/C12H16N4O4/c13-9-3-1-8(2-4-9)12(19)15-6-5-14-10(17)7-11(18)16-20/h1-4,20H,5-7,13H2,(H,14,17)(H,15,19)(H,16,18). The van der Waals surface area contributed by atoms with E-state index >= 15 is 0 Å². The molecule has 3 amide bonds. The van der Waals surface area contributed by atoms with E-state index in [1.807, 2.05) is 0 Å². The van der Waals surface area contributed by atoms with Crippen molar-refractivity contribution in [1.82, 2.24) is 16.1 Å². The lowest BCUT2D eigenvalue weighted by Crippen LogP contribution is -2.36. The molecule has 0 fully saturated rings. The Hall–Kier alpha value is -2.61. The molecule has 8 heteroatoms. The maximum absolute atomic E-state index is 11.7. The van der Waals surface area contributed by atoms with Gasteiger partial charge >= 0.3 is 0 Å². The van der Waals surface area contributed by atoms with Crippen molar-refractivity contribution in [3.63, 3.8) is 0 Å². The summed E-state index contributed by atoms with van der Waals surface area (Å²) in [6.07, 6.45) is -0.470. The Morgan fingerprint density at radius 2 is 1.60 bits per heavy atom. The number of rotatable bonds is 6. The highest BCUT2D eigenvalue weighted by Gasteiger charge is 2.08. The summed E-state index contributed by atoms with van der Waals surface area (Å²) < 4.78 is 0. The molecule has 1 aromatic rings. The number of carbonyl (C=O) groups excluding carboxylic acids is 3. The molecule has 0 spiro atoms. The molecule has 0 saturated heterocycles. The highest BCUT2D eigenvalue weighted by molar-refractivity contribution is 5.96. The number of nitrogen functional groups attached to an aromatic ring is 1. The lowest BCUT2D eigenvalue weighted by atomic mass is 10.2. The van der Waals surface area contributed by atoms with Crippen LogP contribution in [0.1, 0.15) is 16.8 Å². The van der Waals surface area contributed by atoms with Crippen molar-refractivity contribution in [3.05, 3.63) is 29.8 Å². The second-order valence-electron chi connectivity index (χ2n) is 3.94. The first-order valence-corrected chi connectivity index (χ1v) is 5.86. The summed E-state index contributed by atoms with van der Waals surface area (Å²) in [6, 6.07) is 6.41. The molecule has 108 valence electrons. The zero-order chi connectivity index (χ0) is 15.0. The van der Waals surface area contributed by atoms with E-state index in [9.17, 15) is 14.4 Å². The molecule has 1 aromatic carbocycles. The summed E-state index contributed by atoms with van der Waals surface area (Å²) in [7, 11) is 0. The van der Waals surface area contributed by atoms with E-state index in [1.54, 1.807) is 24.3 Å². The molecule has 1 rings (SSSR count). The highest BCUT2D eigenvalue weighted by Crippen LogP contribution is 2.04. The topological polar surface area (TPSA) is 134 Å². The number of amides is 3. The third-order valence-corrected chi connectivity index (χ3v) is 2.35. The van der Waals surface area contributed by atoms with Gasteiger partial charge in [-0.25, -0.2) is 5.48 Å². The number of nitrogens with two attached hydrogens (primary N) is 1. The van der Waals surface area contributed by atoms with Crippen LogP contribution in [0.15, 0.2) is 24.3 Å². The molecule has 0 aliphatic rings. The molecule has 0 aliphatic carbocycles. The lowest BCUT2D eigenvalue weighted by molar-refractivity contribution is -0.134. The van der Waals surface area contributed by atoms with Crippen molar-refractivity contribution in [3.8, 4) is 0 Å². The molecule has 0 bridgehead atoms. The third-order valence-electron chi connectivity index (χ3n) is 2.35. The minimum atomic E-state index is -0.798. The Kier molecular flexibility index (Phi) is 5.98. The minimum Gasteiger partial charge on any atom is -0.399 e. The van der Waals surface area contributed by atoms with E-state index in [0.29, 0.717) is 11.3 Å². The van der Waals surface area contributed by atoms with Crippen LogP contribution in [0, 0.1) is 0 Å². The Labute approximate surface area is 115 Å². The molecule has 8 nitrogen and oxygen atoms in total. The van der Waals surface area contributed by atoms with Gasteiger partial charge in [-0.15, -0.1) is 0 Å². The second kappa shape index (κ2) is 7.74. The van der Waals surface area contributed by atoms with Crippen molar-refractivity contribution >= 4 is 23.4 Å². The summed E-state index contributed by atoms with van der Waals surface area (Å²) in [5.41, 5.74) is 7.88. The number of hydrogen-bond donors (Lipinski definition) is 5. The second-order valence-corrected chi connectivity index (χ2v) is 3.94. The van der Waals surface area contributed by atoms with Gasteiger partial charge in [-0.05, 0) is 24.3 Å². The van der Waals surface area contributed by atoms with Crippen molar-refractivity contribution in [1.29, 1.82) is 0 Å². The van der Waals surface area contributed by atoms with Gasteiger partial charge in [0.15, 0.2) is 0 Å². The first-order valence-electron chi connectivity index (χ1n) is 5.86. The van der Waals surface area contributed by atoms with Crippen LogP contribution in [-0.2, 0) is 9.59 Å². The highest BCUT2D eigenvalue weighted by atomic mass is 16.5. The Balaban J connectivity index is 2.24. The van der Waals surface area contributed by atoms with Crippen LogP contribution in [0.5, 0.6) is 0 Å². The number of hydroxylamine groups is 1. The van der Waals surface area contributed by atoms with Crippen LogP contribution in [0.3, 0.4) is 0 Å². The van der Waals surface area contributed by atoms with Gasteiger partial charge in [-0.3, -0.25) is 19.6 Å². The molecular weight excluding hydrogens is 264 g/mol.